The average molecular weight is 354 g/mol. The van der Waals surface area contributed by atoms with Gasteiger partial charge in [-0.25, -0.2) is 4.98 Å². The average Bonchev–Trinajstić information content (AvgIpc) is 3.61. The first-order valence-electron chi connectivity index (χ1n) is 9.32. The van der Waals surface area contributed by atoms with E-state index in [-0.39, 0.29) is 11.8 Å². The Kier molecular flexibility index (Phi) is 3.65. The fourth-order valence-electron chi connectivity index (χ4n) is 3.97. The van der Waals surface area contributed by atoms with E-state index in [2.05, 4.69) is 20.4 Å². The first kappa shape index (κ1) is 15.7. The lowest BCUT2D eigenvalue weighted by Gasteiger charge is -2.15. The van der Waals surface area contributed by atoms with Gasteiger partial charge in [-0.1, -0.05) is 0 Å². The summed E-state index contributed by atoms with van der Waals surface area (Å²) in [5, 5.41) is 15.5. The highest BCUT2D eigenvalue weighted by Crippen LogP contribution is 2.47. The van der Waals surface area contributed by atoms with E-state index in [1.54, 1.807) is 12.1 Å². The molecule has 3 heterocycles. The summed E-state index contributed by atoms with van der Waals surface area (Å²) in [5.41, 5.74) is 0.359. The maximum atomic E-state index is 12.9. The number of nitrogens with zero attached hydrogens (tertiary/aromatic N) is 5. The summed E-state index contributed by atoms with van der Waals surface area (Å²) in [6, 6.07) is 3.35. The zero-order chi connectivity index (χ0) is 17.7. The van der Waals surface area contributed by atoms with Gasteiger partial charge in [-0.05, 0) is 43.6 Å². The Balaban J connectivity index is 1.36. The van der Waals surface area contributed by atoms with Crippen LogP contribution in [-0.2, 0) is 0 Å². The van der Waals surface area contributed by atoms with Crippen molar-refractivity contribution in [3.63, 3.8) is 0 Å². The summed E-state index contributed by atoms with van der Waals surface area (Å²) in [7, 11) is 1.53. The van der Waals surface area contributed by atoms with E-state index in [9.17, 15) is 4.79 Å². The molecule has 8 nitrogen and oxygen atoms in total. The summed E-state index contributed by atoms with van der Waals surface area (Å²) in [6.45, 7) is 1.41. The van der Waals surface area contributed by atoms with Crippen molar-refractivity contribution in [1.82, 2.24) is 30.3 Å². The predicted octanol–water partition coefficient (Wildman–Crippen LogP) is 1.75. The molecule has 0 spiro atoms. The van der Waals surface area contributed by atoms with Gasteiger partial charge in [0, 0.05) is 31.0 Å². The Morgan fingerprint density at radius 2 is 2.04 bits per heavy atom. The smallest absolute Gasteiger partial charge is 0.274 e. The van der Waals surface area contributed by atoms with Gasteiger partial charge in [0.25, 0.3) is 5.91 Å². The lowest BCUT2D eigenvalue weighted by Crippen LogP contribution is -2.30. The Labute approximate surface area is 151 Å². The summed E-state index contributed by atoms with van der Waals surface area (Å²) in [4.78, 5) is 19.5. The molecule has 26 heavy (non-hydrogen) atoms. The number of hydrogen-bond donors (Lipinski definition) is 1. The van der Waals surface area contributed by atoms with Crippen molar-refractivity contribution in [2.45, 2.75) is 37.5 Å². The summed E-state index contributed by atoms with van der Waals surface area (Å²) in [6.07, 6.45) is 4.87. The molecule has 5 rings (SSSR count). The van der Waals surface area contributed by atoms with Crippen molar-refractivity contribution in [2.75, 3.05) is 20.2 Å². The van der Waals surface area contributed by atoms with Gasteiger partial charge in [-0.2, -0.15) is 5.10 Å². The number of aromatic amines is 1. The third kappa shape index (κ3) is 2.83. The Morgan fingerprint density at radius 3 is 2.69 bits per heavy atom. The number of amides is 1. The second-order valence-electron chi connectivity index (χ2n) is 7.63. The largest absolute Gasteiger partial charge is 0.480 e. The van der Waals surface area contributed by atoms with Gasteiger partial charge in [-0.15, -0.1) is 10.2 Å². The van der Waals surface area contributed by atoms with Crippen LogP contribution in [0.3, 0.4) is 0 Å². The monoisotopic (exact) mass is 354 g/mol. The fourth-order valence-corrected chi connectivity index (χ4v) is 3.97. The molecule has 0 bridgehead atoms. The van der Waals surface area contributed by atoms with Crippen molar-refractivity contribution in [3.05, 3.63) is 29.5 Å². The normalized spacial score (nSPS) is 25.5. The van der Waals surface area contributed by atoms with Crippen molar-refractivity contribution < 1.29 is 9.53 Å². The van der Waals surface area contributed by atoms with E-state index in [4.69, 9.17) is 9.72 Å². The third-order valence-corrected chi connectivity index (χ3v) is 5.76. The molecule has 3 fully saturated rings. The molecule has 2 saturated carbocycles. The topological polar surface area (TPSA) is 96.9 Å². The molecular weight excluding hydrogens is 332 g/mol. The molecule has 1 amide bonds. The van der Waals surface area contributed by atoms with Gasteiger partial charge >= 0.3 is 0 Å². The zero-order valence-corrected chi connectivity index (χ0v) is 14.8. The number of likely N-dealkylation sites (tertiary alicyclic amines) is 1. The SMILES string of the molecule is COc1ccc(C(=O)N2C[C@H](c3nc(C4CC4)n[nH]3)[C@@H](C3CC3)C2)nn1. The molecule has 3 aliphatic rings. The Hall–Kier alpha value is -2.51. The molecule has 1 saturated heterocycles. The zero-order valence-electron chi connectivity index (χ0n) is 14.8. The fraction of sp³-hybridized carbons (Fsp3) is 0.611. The van der Waals surface area contributed by atoms with Crippen molar-refractivity contribution >= 4 is 5.91 Å². The van der Waals surface area contributed by atoms with Crippen LogP contribution in [0.5, 0.6) is 5.88 Å². The summed E-state index contributed by atoms with van der Waals surface area (Å²) >= 11 is 0. The molecule has 1 aliphatic heterocycles. The molecule has 2 atom stereocenters. The van der Waals surface area contributed by atoms with E-state index in [1.807, 2.05) is 4.90 Å². The van der Waals surface area contributed by atoms with E-state index in [0.717, 1.165) is 18.2 Å². The van der Waals surface area contributed by atoms with E-state index in [0.29, 0.717) is 35.9 Å². The number of methoxy groups -OCH3 is 1. The first-order chi connectivity index (χ1) is 12.7. The second-order valence-corrected chi connectivity index (χ2v) is 7.63. The molecule has 136 valence electrons. The van der Waals surface area contributed by atoms with Crippen LogP contribution in [0.2, 0.25) is 0 Å². The van der Waals surface area contributed by atoms with Crippen LogP contribution < -0.4 is 4.74 Å². The van der Waals surface area contributed by atoms with E-state index < -0.39 is 0 Å². The minimum absolute atomic E-state index is 0.0739. The molecule has 2 aromatic rings. The summed E-state index contributed by atoms with van der Waals surface area (Å²) < 4.78 is 5.01. The van der Waals surface area contributed by atoms with Gasteiger partial charge in [0.05, 0.1) is 7.11 Å². The van der Waals surface area contributed by atoms with E-state index in [1.165, 1.54) is 32.8 Å². The van der Waals surface area contributed by atoms with Crippen molar-refractivity contribution in [1.29, 1.82) is 0 Å². The van der Waals surface area contributed by atoms with Crippen LogP contribution in [0.4, 0.5) is 0 Å². The summed E-state index contributed by atoms with van der Waals surface area (Å²) in [5.74, 6) is 4.13. The molecule has 1 N–H and O–H groups in total. The van der Waals surface area contributed by atoms with Crippen molar-refractivity contribution in [3.8, 4) is 5.88 Å². The lowest BCUT2D eigenvalue weighted by molar-refractivity contribution is 0.0777. The number of ether oxygens (including phenoxy) is 1. The van der Waals surface area contributed by atoms with Gasteiger partial charge in [-0.3, -0.25) is 9.89 Å². The van der Waals surface area contributed by atoms with Crippen molar-refractivity contribution in [2.24, 2.45) is 11.8 Å². The van der Waals surface area contributed by atoms with Crippen LogP contribution >= 0.6 is 0 Å². The molecule has 0 radical (unpaired) electrons. The molecule has 2 aromatic heterocycles. The number of H-pyrrole nitrogens is 1. The maximum absolute atomic E-state index is 12.9. The molecule has 2 aliphatic carbocycles. The predicted molar refractivity (Wildman–Crippen MR) is 91.8 cm³/mol. The number of nitrogens with one attached hydrogen (secondary N) is 1. The van der Waals surface area contributed by atoms with Crippen LogP contribution in [0.1, 0.15) is 59.7 Å². The lowest BCUT2D eigenvalue weighted by atomic mass is 9.91. The maximum Gasteiger partial charge on any atom is 0.274 e. The number of rotatable bonds is 5. The molecule has 0 aromatic carbocycles. The third-order valence-electron chi connectivity index (χ3n) is 5.76. The van der Waals surface area contributed by atoms with Gasteiger partial charge < -0.3 is 9.64 Å². The second kappa shape index (κ2) is 6.03. The van der Waals surface area contributed by atoms with Gasteiger partial charge in [0.1, 0.15) is 5.82 Å². The minimum Gasteiger partial charge on any atom is -0.480 e. The highest BCUT2D eigenvalue weighted by molar-refractivity contribution is 5.92. The highest BCUT2D eigenvalue weighted by Gasteiger charge is 2.46. The van der Waals surface area contributed by atoms with Crippen LogP contribution in [0.25, 0.3) is 0 Å². The van der Waals surface area contributed by atoms with Crippen LogP contribution in [0.15, 0.2) is 12.1 Å². The molecule has 0 unspecified atom stereocenters. The molecular formula is C18H22N6O2. The van der Waals surface area contributed by atoms with Crippen LogP contribution in [0, 0.1) is 11.8 Å². The quantitative estimate of drug-likeness (QED) is 0.878. The van der Waals surface area contributed by atoms with Gasteiger partial charge in [0.2, 0.25) is 5.88 Å². The number of aromatic nitrogens is 5. The number of hydrogen-bond acceptors (Lipinski definition) is 6. The van der Waals surface area contributed by atoms with Crippen LogP contribution in [-0.4, -0.2) is 56.4 Å². The Bertz CT molecular complexity index is 811. The Morgan fingerprint density at radius 1 is 1.19 bits per heavy atom. The van der Waals surface area contributed by atoms with Gasteiger partial charge in [0.15, 0.2) is 11.5 Å². The standard InChI is InChI=1S/C18H22N6O2/c1-26-15-7-6-14(20-21-15)18(25)24-8-12(10-2-3-10)13(9-24)17-19-16(22-23-17)11-4-5-11/h6-7,10-13H,2-5,8-9H2,1H3,(H,19,22,23)/t12-,13+/m1/s1. The highest BCUT2D eigenvalue weighted by atomic mass is 16.5. The number of carbonyl (C=O) groups excluding carboxylic acids is 1. The minimum atomic E-state index is -0.0739. The number of carbonyl (C=O) groups is 1. The first-order valence-corrected chi connectivity index (χ1v) is 9.32. The molecule has 8 heteroatoms. The van der Waals surface area contributed by atoms with E-state index >= 15 is 0 Å².